The van der Waals surface area contributed by atoms with Crippen molar-refractivity contribution in [2.45, 2.75) is 34.6 Å². The molecule has 0 aromatic carbocycles. The van der Waals surface area contributed by atoms with Gasteiger partial charge in [-0.15, -0.1) is 0 Å². The average Bonchev–Trinajstić information content (AvgIpc) is 3.28. The van der Waals surface area contributed by atoms with Crippen molar-refractivity contribution in [2.75, 3.05) is 34.7 Å². The van der Waals surface area contributed by atoms with E-state index in [0.717, 1.165) is 0 Å². The summed E-state index contributed by atoms with van der Waals surface area (Å²) in [6, 6.07) is 1.45. The highest BCUT2D eigenvalue weighted by atomic mass is 16.5. The number of aryl methyl sites for hydroxylation is 3. The largest absolute Gasteiger partial charge is 0.354 e. The van der Waals surface area contributed by atoms with Gasteiger partial charge in [0.1, 0.15) is 18.0 Å². The summed E-state index contributed by atoms with van der Waals surface area (Å²) in [5.41, 5.74) is 4.28. The van der Waals surface area contributed by atoms with Gasteiger partial charge in [0.25, 0.3) is 17.3 Å². The molecule has 4 aromatic rings. The maximum absolute atomic E-state index is 11.1. The van der Waals surface area contributed by atoms with Crippen molar-refractivity contribution in [1.29, 1.82) is 0 Å². The maximum atomic E-state index is 11.1. The van der Waals surface area contributed by atoms with Crippen molar-refractivity contribution in [3.63, 3.8) is 0 Å². The first-order valence-electron chi connectivity index (χ1n) is 10.4. The molecule has 0 unspecified atom stereocenters. The van der Waals surface area contributed by atoms with Crippen LogP contribution in [0.4, 0.5) is 23.8 Å². The van der Waals surface area contributed by atoms with Crippen LogP contribution in [-0.4, -0.2) is 73.0 Å². The fourth-order valence-corrected chi connectivity index (χ4v) is 2.50. The number of hydrogen-bond acceptors (Lipinski definition) is 15. The van der Waals surface area contributed by atoms with Crippen LogP contribution in [0.25, 0.3) is 5.78 Å². The molecule has 4 aromatic heterocycles. The molecule has 0 saturated carbocycles. The Morgan fingerprint density at radius 2 is 1.31 bits per heavy atom. The van der Waals surface area contributed by atoms with Gasteiger partial charge in [-0.1, -0.05) is 0 Å². The highest BCUT2D eigenvalue weighted by Crippen LogP contribution is 2.07. The Kier molecular flexibility index (Phi) is 10.1. The molecule has 0 aliphatic rings. The predicted molar refractivity (Wildman–Crippen MR) is 127 cm³/mol. The highest BCUT2D eigenvalue weighted by Gasteiger charge is 2.03. The molecule has 0 spiro atoms. The molecule has 0 atom stereocenters. The van der Waals surface area contributed by atoms with E-state index < -0.39 is 0 Å². The fourth-order valence-electron chi connectivity index (χ4n) is 2.50. The molecule has 17 nitrogen and oxygen atoms in total. The van der Waals surface area contributed by atoms with Crippen LogP contribution < -0.4 is 27.2 Å². The lowest BCUT2D eigenvalue weighted by molar-refractivity contribution is 0.381. The Balaban J connectivity index is 0.000000188. The van der Waals surface area contributed by atoms with Gasteiger partial charge >= 0.3 is 0 Å². The van der Waals surface area contributed by atoms with E-state index in [9.17, 15) is 4.79 Å². The van der Waals surface area contributed by atoms with Crippen molar-refractivity contribution in [1.82, 2.24) is 49.5 Å². The average molecular weight is 489 g/mol. The summed E-state index contributed by atoms with van der Waals surface area (Å²) in [5, 5.41) is 25.5. The second-order valence-corrected chi connectivity index (χ2v) is 6.60. The Bertz CT molecular complexity index is 1230. The molecule has 0 bridgehead atoms. The van der Waals surface area contributed by atoms with Gasteiger partial charge < -0.3 is 10.6 Å². The lowest BCUT2D eigenvalue weighted by Crippen LogP contribution is -2.14. The van der Waals surface area contributed by atoms with Gasteiger partial charge in [-0.3, -0.25) is 20.3 Å². The third-order valence-electron chi connectivity index (χ3n) is 3.76. The SMILES string of the molecule is CCNc1nc(NO)nc(NCC)n1.Cc1cc(=O)n2[nH]cnc2n1.Cc1nc(C)nc(NO)n1. The smallest absolute Gasteiger partial charge is 0.274 e. The highest BCUT2D eigenvalue weighted by molar-refractivity contribution is 5.40. The van der Waals surface area contributed by atoms with Gasteiger partial charge in [-0.2, -0.15) is 29.4 Å². The summed E-state index contributed by atoms with van der Waals surface area (Å²) in [6.07, 6.45) is 1.43. The quantitative estimate of drug-likeness (QED) is 0.184. The van der Waals surface area contributed by atoms with E-state index in [2.05, 4.69) is 55.6 Å². The molecule has 0 saturated heterocycles. The van der Waals surface area contributed by atoms with Crippen LogP contribution in [0, 0.1) is 20.8 Å². The van der Waals surface area contributed by atoms with Gasteiger partial charge in [0.05, 0.1) is 0 Å². The van der Waals surface area contributed by atoms with E-state index in [-0.39, 0.29) is 17.5 Å². The summed E-state index contributed by atoms with van der Waals surface area (Å²) in [7, 11) is 0. The van der Waals surface area contributed by atoms with E-state index in [1.54, 1.807) is 20.8 Å². The standard InChI is InChI=1S/C7H14N6O.C6H6N4O.C5H8N4O/c1-3-8-5-10-6(9-4-2)12-7(11-5)13-14;1-4-2-5(11)10-6(9-4)7-3-8-10;1-3-6-4(2)8-5(7-3)9-10/h14H,3-4H2,1-2H3,(H3,8,9,10,11,12,13);2-3H,1H3,(H,7,8,9);10H,1-2H3,(H,6,7,8,9). The van der Waals surface area contributed by atoms with Crippen molar-refractivity contribution in [3.8, 4) is 0 Å². The molecular formula is C18H28N14O3. The minimum atomic E-state index is -0.134. The Morgan fingerprint density at radius 1 is 0.800 bits per heavy atom. The molecule has 0 aliphatic carbocycles. The molecule has 7 N–H and O–H groups in total. The van der Waals surface area contributed by atoms with Crippen LogP contribution in [0.3, 0.4) is 0 Å². The number of nitrogens with zero attached hydrogens (tertiary/aromatic N) is 9. The number of nitrogens with one attached hydrogen (secondary N) is 5. The van der Waals surface area contributed by atoms with Crippen molar-refractivity contribution < 1.29 is 10.4 Å². The molecule has 35 heavy (non-hydrogen) atoms. The molecule has 0 amide bonds. The molecule has 0 aliphatic heterocycles. The van der Waals surface area contributed by atoms with Crippen LogP contribution in [-0.2, 0) is 0 Å². The van der Waals surface area contributed by atoms with E-state index >= 15 is 0 Å². The number of aromatic nitrogens is 10. The number of aromatic amines is 1. The van der Waals surface area contributed by atoms with Gasteiger partial charge in [0.2, 0.25) is 17.8 Å². The van der Waals surface area contributed by atoms with Crippen LogP contribution in [0.5, 0.6) is 0 Å². The number of rotatable bonds is 6. The predicted octanol–water partition coefficient (Wildman–Crippen LogP) is 0.552. The second-order valence-electron chi connectivity index (χ2n) is 6.60. The molecule has 188 valence electrons. The fraction of sp³-hybridized carbons (Fsp3) is 0.389. The number of hydrogen-bond donors (Lipinski definition) is 7. The maximum Gasteiger partial charge on any atom is 0.274 e. The van der Waals surface area contributed by atoms with Gasteiger partial charge in [-0.25, -0.2) is 25.9 Å². The Hall–Kier alpha value is -4.51. The summed E-state index contributed by atoms with van der Waals surface area (Å²) >= 11 is 0. The number of fused-ring (bicyclic) bond motifs is 1. The second kappa shape index (κ2) is 13.3. The third kappa shape index (κ3) is 8.41. The van der Waals surface area contributed by atoms with E-state index in [0.29, 0.717) is 48.1 Å². The normalized spacial score (nSPS) is 9.91. The lowest BCUT2D eigenvalue weighted by Gasteiger charge is -2.06. The zero-order chi connectivity index (χ0) is 25.8. The van der Waals surface area contributed by atoms with Crippen LogP contribution in [0.15, 0.2) is 17.2 Å². The summed E-state index contributed by atoms with van der Waals surface area (Å²) in [4.78, 5) is 42.3. The van der Waals surface area contributed by atoms with E-state index in [4.69, 9.17) is 10.4 Å². The molecule has 0 radical (unpaired) electrons. The third-order valence-corrected chi connectivity index (χ3v) is 3.76. The van der Waals surface area contributed by atoms with Gasteiger partial charge in [0.15, 0.2) is 0 Å². The van der Waals surface area contributed by atoms with Crippen molar-refractivity contribution in [3.05, 3.63) is 40.1 Å². The molecule has 4 heterocycles. The topological polar surface area (TPSA) is 229 Å². The van der Waals surface area contributed by atoms with E-state index in [1.807, 2.05) is 24.8 Å². The first-order chi connectivity index (χ1) is 16.8. The Labute approximate surface area is 199 Å². The summed E-state index contributed by atoms with van der Waals surface area (Å²) in [6.45, 7) is 10.5. The minimum Gasteiger partial charge on any atom is -0.354 e. The van der Waals surface area contributed by atoms with Crippen LogP contribution in [0.1, 0.15) is 31.2 Å². The van der Waals surface area contributed by atoms with Crippen molar-refractivity contribution in [2.24, 2.45) is 0 Å². The van der Waals surface area contributed by atoms with Gasteiger partial charge in [0, 0.05) is 24.8 Å². The molecule has 0 fully saturated rings. The first kappa shape index (κ1) is 26.7. The van der Waals surface area contributed by atoms with Crippen molar-refractivity contribution >= 4 is 29.6 Å². The Morgan fingerprint density at radius 3 is 1.83 bits per heavy atom. The lowest BCUT2D eigenvalue weighted by atomic mass is 10.5. The summed E-state index contributed by atoms with van der Waals surface area (Å²) < 4.78 is 1.28. The first-order valence-corrected chi connectivity index (χ1v) is 10.4. The molecule has 4 rings (SSSR count). The van der Waals surface area contributed by atoms with Crippen LogP contribution in [0.2, 0.25) is 0 Å². The monoisotopic (exact) mass is 488 g/mol. The summed E-state index contributed by atoms with van der Waals surface area (Å²) in [5.74, 6) is 2.74. The molecular weight excluding hydrogens is 460 g/mol. The number of H-pyrrole nitrogens is 1. The number of anilines is 4. The molecule has 17 heteroatoms. The van der Waals surface area contributed by atoms with Crippen LogP contribution >= 0.6 is 0 Å². The van der Waals surface area contributed by atoms with Gasteiger partial charge in [-0.05, 0) is 34.6 Å². The van der Waals surface area contributed by atoms with E-state index in [1.165, 1.54) is 16.9 Å². The zero-order valence-electron chi connectivity index (χ0n) is 19.9. The minimum absolute atomic E-state index is 0.118. The zero-order valence-corrected chi connectivity index (χ0v) is 19.9.